The number of ether oxygens (including phenoxy) is 1. The predicted octanol–water partition coefficient (Wildman–Crippen LogP) is 2.75. The van der Waals surface area contributed by atoms with Crippen LogP contribution >= 0.6 is 0 Å². The van der Waals surface area contributed by atoms with Gasteiger partial charge in [0.2, 0.25) is 5.91 Å². The molecule has 2 aliphatic rings. The maximum atomic E-state index is 12.5. The van der Waals surface area contributed by atoms with Gasteiger partial charge in [0.25, 0.3) is 0 Å². The molecule has 130 valence electrons. The number of amides is 2. The third kappa shape index (κ3) is 3.12. The first-order valence-electron chi connectivity index (χ1n) is 8.57. The average molecular weight is 340 g/mol. The monoisotopic (exact) mass is 340 g/mol. The SMILES string of the molecule is O=C(CCc1ccco1)N1CCc2c(cccc2N2CCOC2=O)C1. The van der Waals surface area contributed by atoms with Crippen LogP contribution in [-0.2, 0) is 28.9 Å². The van der Waals surface area contributed by atoms with Crippen LogP contribution in [0.3, 0.4) is 0 Å². The molecule has 1 aromatic heterocycles. The molecule has 2 amide bonds. The van der Waals surface area contributed by atoms with Crippen molar-refractivity contribution in [3.63, 3.8) is 0 Å². The van der Waals surface area contributed by atoms with Gasteiger partial charge in [0, 0.05) is 25.9 Å². The molecular weight excluding hydrogens is 320 g/mol. The number of furan rings is 1. The topological polar surface area (TPSA) is 63.0 Å². The highest BCUT2D eigenvalue weighted by molar-refractivity contribution is 5.90. The minimum atomic E-state index is -0.287. The lowest BCUT2D eigenvalue weighted by Crippen LogP contribution is -2.37. The number of hydrogen-bond donors (Lipinski definition) is 0. The first-order valence-corrected chi connectivity index (χ1v) is 8.57. The van der Waals surface area contributed by atoms with Gasteiger partial charge in [-0.05, 0) is 35.7 Å². The second-order valence-corrected chi connectivity index (χ2v) is 6.33. The van der Waals surface area contributed by atoms with E-state index < -0.39 is 0 Å². The molecule has 0 unspecified atom stereocenters. The largest absolute Gasteiger partial charge is 0.469 e. The quantitative estimate of drug-likeness (QED) is 0.858. The van der Waals surface area contributed by atoms with Gasteiger partial charge in [0.15, 0.2) is 0 Å². The molecule has 1 fully saturated rings. The summed E-state index contributed by atoms with van der Waals surface area (Å²) < 4.78 is 10.3. The van der Waals surface area contributed by atoms with Crippen molar-refractivity contribution in [3.8, 4) is 0 Å². The van der Waals surface area contributed by atoms with Crippen molar-refractivity contribution < 1.29 is 18.7 Å². The van der Waals surface area contributed by atoms with Crippen molar-refractivity contribution in [1.29, 1.82) is 0 Å². The van der Waals surface area contributed by atoms with E-state index in [-0.39, 0.29) is 12.0 Å². The fourth-order valence-electron chi connectivity index (χ4n) is 3.51. The number of carbonyl (C=O) groups excluding carboxylic acids is 2. The molecule has 0 N–H and O–H groups in total. The van der Waals surface area contributed by atoms with E-state index in [4.69, 9.17) is 9.15 Å². The summed E-state index contributed by atoms with van der Waals surface area (Å²) in [6.07, 6.45) is 3.16. The second kappa shape index (κ2) is 6.63. The zero-order valence-corrected chi connectivity index (χ0v) is 13.9. The van der Waals surface area contributed by atoms with Crippen LogP contribution in [0.2, 0.25) is 0 Å². The summed E-state index contributed by atoms with van der Waals surface area (Å²) in [5.41, 5.74) is 3.17. The first kappa shape index (κ1) is 15.7. The molecule has 1 saturated heterocycles. The fourth-order valence-corrected chi connectivity index (χ4v) is 3.51. The zero-order chi connectivity index (χ0) is 17.2. The van der Waals surface area contributed by atoms with Gasteiger partial charge in [-0.25, -0.2) is 4.79 Å². The molecule has 0 saturated carbocycles. The van der Waals surface area contributed by atoms with Crippen LogP contribution in [0.4, 0.5) is 10.5 Å². The molecule has 0 spiro atoms. The number of benzene rings is 1. The Morgan fingerprint density at radius 3 is 2.84 bits per heavy atom. The molecule has 0 radical (unpaired) electrons. The van der Waals surface area contributed by atoms with Gasteiger partial charge >= 0.3 is 6.09 Å². The second-order valence-electron chi connectivity index (χ2n) is 6.33. The number of fused-ring (bicyclic) bond motifs is 1. The van der Waals surface area contributed by atoms with Crippen molar-refractivity contribution in [3.05, 3.63) is 53.5 Å². The van der Waals surface area contributed by atoms with Gasteiger partial charge in [-0.15, -0.1) is 0 Å². The standard InChI is InChI=1S/C19H20N2O4/c22-18(7-6-15-4-2-11-24-15)20-9-8-16-14(13-20)3-1-5-17(16)21-10-12-25-19(21)23/h1-5,11H,6-10,12-13H2. The summed E-state index contributed by atoms with van der Waals surface area (Å²) in [5, 5.41) is 0. The molecule has 2 aliphatic heterocycles. The molecule has 0 bridgehead atoms. The Kier molecular flexibility index (Phi) is 4.17. The molecule has 4 rings (SSSR count). The van der Waals surface area contributed by atoms with E-state index in [9.17, 15) is 9.59 Å². The smallest absolute Gasteiger partial charge is 0.414 e. The van der Waals surface area contributed by atoms with Crippen LogP contribution in [0, 0.1) is 0 Å². The van der Waals surface area contributed by atoms with Crippen molar-refractivity contribution >= 4 is 17.7 Å². The summed E-state index contributed by atoms with van der Waals surface area (Å²) in [4.78, 5) is 27.9. The van der Waals surface area contributed by atoms with Gasteiger partial charge in [0.1, 0.15) is 12.4 Å². The maximum Gasteiger partial charge on any atom is 0.414 e. The maximum absolute atomic E-state index is 12.5. The molecule has 1 aromatic carbocycles. The third-order valence-corrected chi connectivity index (χ3v) is 4.81. The Labute approximate surface area is 146 Å². The summed E-state index contributed by atoms with van der Waals surface area (Å²) in [7, 11) is 0. The summed E-state index contributed by atoms with van der Waals surface area (Å²) in [6, 6.07) is 9.66. The summed E-state index contributed by atoms with van der Waals surface area (Å²) in [5.74, 6) is 0.966. The van der Waals surface area contributed by atoms with Crippen LogP contribution in [0.15, 0.2) is 41.0 Å². The van der Waals surface area contributed by atoms with Gasteiger partial charge in [0.05, 0.1) is 18.5 Å². The van der Waals surface area contributed by atoms with Crippen molar-refractivity contribution in [2.24, 2.45) is 0 Å². The lowest BCUT2D eigenvalue weighted by atomic mass is 9.96. The highest BCUT2D eigenvalue weighted by Gasteiger charge is 2.29. The zero-order valence-electron chi connectivity index (χ0n) is 13.9. The average Bonchev–Trinajstić information content (AvgIpc) is 3.30. The molecular formula is C19H20N2O4. The molecule has 2 aromatic rings. The summed E-state index contributed by atoms with van der Waals surface area (Å²) in [6.45, 7) is 2.27. The third-order valence-electron chi connectivity index (χ3n) is 4.81. The van der Waals surface area contributed by atoms with Crippen LogP contribution < -0.4 is 4.90 Å². The molecule has 6 heteroatoms. The number of hydrogen-bond acceptors (Lipinski definition) is 4. The Morgan fingerprint density at radius 1 is 1.16 bits per heavy atom. The van der Waals surface area contributed by atoms with Gasteiger partial charge in [-0.3, -0.25) is 9.69 Å². The number of rotatable bonds is 4. The van der Waals surface area contributed by atoms with Crippen molar-refractivity contribution in [2.75, 3.05) is 24.6 Å². The van der Waals surface area contributed by atoms with E-state index in [1.165, 1.54) is 0 Å². The Bertz CT molecular complexity index is 785. The highest BCUT2D eigenvalue weighted by atomic mass is 16.6. The molecule has 3 heterocycles. The van der Waals surface area contributed by atoms with E-state index in [2.05, 4.69) is 0 Å². The molecule has 6 nitrogen and oxygen atoms in total. The van der Waals surface area contributed by atoms with Crippen molar-refractivity contribution in [2.45, 2.75) is 25.8 Å². The Balaban J connectivity index is 1.46. The molecule has 25 heavy (non-hydrogen) atoms. The lowest BCUT2D eigenvalue weighted by Gasteiger charge is -2.31. The van der Waals surface area contributed by atoms with Crippen LogP contribution in [0.5, 0.6) is 0 Å². The Hall–Kier alpha value is -2.76. The number of carbonyl (C=O) groups is 2. The van der Waals surface area contributed by atoms with Gasteiger partial charge < -0.3 is 14.1 Å². The number of nitrogens with zero attached hydrogens (tertiary/aromatic N) is 2. The fraction of sp³-hybridized carbons (Fsp3) is 0.368. The lowest BCUT2D eigenvalue weighted by molar-refractivity contribution is -0.132. The van der Waals surface area contributed by atoms with E-state index in [1.807, 2.05) is 35.2 Å². The van der Waals surface area contributed by atoms with Crippen LogP contribution in [0.1, 0.15) is 23.3 Å². The Morgan fingerprint density at radius 2 is 2.08 bits per heavy atom. The van der Waals surface area contributed by atoms with E-state index in [0.717, 1.165) is 29.0 Å². The van der Waals surface area contributed by atoms with Crippen molar-refractivity contribution in [1.82, 2.24) is 4.90 Å². The number of aryl methyl sites for hydroxylation is 1. The van der Waals surface area contributed by atoms with Crippen LogP contribution in [-0.4, -0.2) is 36.6 Å². The highest BCUT2D eigenvalue weighted by Crippen LogP contribution is 2.30. The van der Waals surface area contributed by atoms with Crippen LogP contribution in [0.25, 0.3) is 0 Å². The number of anilines is 1. The predicted molar refractivity (Wildman–Crippen MR) is 91.3 cm³/mol. The van der Waals surface area contributed by atoms with Gasteiger partial charge in [-0.2, -0.15) is 0 Å². The normalized spacial score (nSPS) is 16.7. The molecule has 0 aliphatic carbocycles. The first-order chi connectivity index (χ1) is 12.2. The van der Waals surface area contributed by atoms with E-state index >= 15 is 0 Å². The summed E-state index contributed by atoms with van der Waals surface area (Å²) >= 11 is 0. The van der Waals surface area contributed by atoms with E-state index in [1.54, 1.807) is 11.2 Å². The van der Waals surface area contributed by atoms with Gasteiger partial charge in [-0.1, -0.05) is 12.1 Å². The van der Waals surface area contributed by atoms with E-state index in [0.29, 0.717) is 39.1 Å². The molecule has 0 atom stereocenters. The number of cyclic esters (lactones) is 1. The minimum Gasteiger partial charge on any atom is -0.469 e. The minimum absolute atomic E-state index is 0.132.